The quantitative estimate of drug-likeness (QED) is 0.797. The molecule has 2 rings (SSSR count). The Morgan fingerprint density at radius 1 is 1.12 bits per heavy atom. The van der Waals surface area contributed by atoms with Crippen LogP contribution in [0.15, 0.2) is 53.7 Å². The molecule has 0 saturated heterocycles. The van der Waals surface area contributed by atoms with Crippen LogP contribution >= 0.6 is 0 Å². The summed E-state index contributed by atoms with van der Waals surface area (Å²) < 4.78 is 63.6. The summed E-state index contributed by atoms with van der Waals surface area (Å²) in [4.78, 5) is 15.4. The molecule has 0 aliphatic heterocycles. The molecule has 0 radical (unpaired) electrons. The maximum absolute atomic E-state index is 12.4. The molecule has 0 spiro atoms. The number of sulfonamides is 1. The van der Waals surface area contributed by atoms with E-state index in [2.05, 4.69) is 9.71 Å². The third kappa shape index (κ3) is 5.53. The number of hydrogen-bond acceptors (Lipinski definition) is 4. The van der Waals surface area contributed by atoms with Crippen LogP contribution in [0.1, 0.15) is 28.9 Å². The Labute approximate surface area is 148 Å². The molecule has 1 aromatic carbocycles. The monoisotopic (exact) mass is 387 g/mol. The number of rotatable bonds is 6. The van der Waals surface area contributed by atoms with Crippen molar-refractivity contribution >= 4 is 15.9 Å². The van der Waals surface area contributed by atoms with Crippen molar-refractivity contribution in [3.05, 3.63) is 59.9 Å². The fraction of sp³-hybridized carbons (Fsp3) is 0.250. The number of nitrogens with one attached hydrogen (secondary N) is 2. The van der Waals surface area contributed by atoms with Crippen LogP contribution in [0.3, 0.4) is 0 Å². The van der Waals surface area contributed by atoms with Crippen molar-refractivity contribution in [1.82, 2.24) is 15.0 Å². The van der Waals surface area contributed by atoms with Gasteiger partial charge in [-0.05, 0) is 48.9 Å². The normalized spacial score (nSPS) is 13.2. The summed E-state index contributed by atoms with van der Waals surface area (Å²) in [6.45, 7) is 0.197. The average Bonchev–Trinajstić information content (AvgIpc) is 2.59. The standard InChI is InChI=1S/C16H16F3N3O3S/c1-11(12-6-8-20-9-7-12)22-26(24,25)14-4-2-13(3-5-14)15(23)21-10-16(17,18)19/h2-9,11,22H,10H2,1H3,(H,21,23)/t11-/m0/s1. The van der Waals surface area contributed by atoms with Gasteiger partial charge in [0, 0.05) is 24.0 Å². The van der Waals surface area contributed by atoms with Gasteiger partial charge in [0.25, 0.3) is 5.91 Å². The highest BCUT2D eigenvalue weighted by atomic mass is 32.2. The number of carbonyl (C=O) groups excluding carboxylic acids is 1. The van der Waals surface area contributed by atoms with Crippen LogP contribution in [0.5, 0.6) is 0 Å². The molecule has 1 atom stereocenters. The van der Waals surface area contributed by atoms with Gasteiger partial charge < -0.3 is 5.32 Å². The molecule has 10 heteroatoms. The molecule has 0 saturated carbocycles. The zero-order valence-electron chi connectivity index (χ0n) is 13.6. The van der Waals surface area contributed by atoms with Crippen molar-refractivity contribution in [3.63, 3.8) is 0 Å². The highest BCUT2D eigenvalue weighted by Gasteiger charge is 2.28. The second-order valence-corrected chi connectivity index (χ2v) is 7.16. The van der Waals surface area contributed by atoms with Crippen LogP contribution in [0.4, 0.5) is 13.2 Å². The smallest absolute Gasteiger partial charge is 0.343 e. The van der Waals surface area contributed by atoms with Crippen LogP contribution in [0, 0.1) is 0 Å². The van der Waals surface area contributed by atoms with Crippen LogP contribution in [0.25, 0.3) is 0 Å². The summed E-state index contributed by atoms with van der Waals surface area (Å²) in [6, 6.07) is 7.43. The zero-order chi connectivity index (χ0) is 19.4. The van der Waals surface area contributed by atoms with E-state index < -0.39 is 34.7 Å². The number of halogens is 3. The molecule has 26 heavy (non-hydrogen) atoms. The van der Waals surface area contributed by atoms with E-state index in [1.54, 1.807) is 24.4 Å². The molecule has 0 aliphatic carbocycles. The lowest BCUT2D eigenvalue weighted by Gasteiger charge is -2.14. The molecule has 0 unspecified atom stereocenters. The molecule has 0 aliphatic rings. The van der Waals surface area contributed by atoms with E-state index in [4.69, 9.17) is 0 Å². The molecule has 6 nitrogen and oxygen atoms in total. The average molecular weight is 387 g/mol. The van der Waals surface area contributed by atoms with Gasteiger partial charge in [0.2, 0.25) is 10.0 Å². The predicted molar refractivity (Wildman–Crippen MR) is 87.8 cm³/mol. The van der Waals surface area contributed by atoms with Crippen LogP contribution in [-0.2, 0) is 10.0 Å². The van der Waals surface area contributed by atoms with E-state index in [1.807, 2.05) is 0 Å². The minimum atomic E-state index is -4.52. The second-order valence-electron chi connectivity index (χ2n) is 5.45. The van der Waals surface area contributed by atoms with Gasteiger partial charge in [-0.25, -0.2) is 13.1 Å². The fourth-order valence-corrected chi connectivity index (χ4v) is 3.32. The summed E-state index contributed by atoms with van der Waals surface area (Å²) in [5.41, 5.74) is 0.641. The largest absolute Gasteiger partial charge is 0.405 e. The molecule has 0 bridgehead atoms. The second kappa shape index (κ2) is 7.83. The summed E-state index contributed by atoms with van der Waals surface area (Å²) in [5, 5.41) is 1.72. The van der Waals surface area contributed by atoms with Crippen LogP contribution < -0.4 is 10.0 Å². The topological polar surface area (TPSA) is 88.2 Å². The first-order valence-corrected chi connectivity index (χ1v) is 8.94. The number of alkyl halides is 3. The lowest BCUT2D eigenvalue weighted by atomic mass is 10.1. The Balaban J connectivity index is 2.07. The third-order valence-electron chi connectivity index (χ3n) is 3.41. The summed E-state index contributed by atoms with van der Waals surface area (Å²) in [6.07, 6.45) is -1.45. The molecule has 1 heterocycles. The lowest BCUT2D eigenvalue weighted by Crippen LogP contribution is -2.33. The van der Waals surface area contributed by atoms with E-state index in [1.165, 1.54) is 12.4 Å². The van der Waals surface area contributed by atoms with Crippen molar-refractivity contribution in [3.8, 4) is 0 Å². The van der Waals surface area contributed by atoms with E-state index in [0.717, 1.165) is 24.3 Å². The van der Waals surface area contributed by atoms with Gasteiger partial charge in [-0.1, -0.05) is 0 Å². The maximum Gasteiger partial charge on any atom is 0.405 e. The number of amides is 1. The lowest BCUT2D eigenvalue weighted by molar-refractivity contribution is -0.123. The molecular formula is C16H16F3N3O3S. The summed E-state index contributed by atoms with van der Waals surface area (Å²) in [7, 11) is -3.87. The predicted octanol–water partition coefficient (Wildman–Crippen LogP) is 2.41. The molecule has 2 N–H and O–H groups in total. The zero-order valence-corrected chi connectivity index (χ0v) is 14.4. The van der Waals surface area contributed by atoms with Gasteiger partial charge in [-0.3, -0.25) is 9.78 Å². The highest BCUT2D eigenvalue weighted by molar-refractivity contribution is 7.89. The summed E-state index contributed by atoms with van der Waals surface area (Å²) in [5.74, 6) is -0.940. The minimum absolute atomic E-state index is 0.0737. The van der Waals surface area contributed by atoms with Crippen molar-refractivity contribution in [2.45, 2.75) is 24.0 Å². The van der Waals surface area contributed by atoms with Gasteiger partial charge in [0.05, 0.1) is 4.90 Å². The van der Waals surface area contributed by atoms with E-state index in [9.17, 15) is 26.4 Å². The van der Waals surface area contributed by atoms with Gasteiger partial charge in [0.1, 0.15) is 6.54 Å². The molecule has 0 fully saturated rings. The number of hydrogen-bond donors (Lipinski definition) is 2. The first-order chi connectivity index (χ1) is 12.1. The van der Waals surface area contributed by atoms with Crippen molar-refractivity contribution in [1.29, 1.82) is 0 Å². The maximum atomic E-state index is 12.4. The Morgan fingerprint density at radius 2 is 1.69 bits per heavy atom. The SMILES string of the molecule is C[C@H](NS(=O)(=O)c1ccc(C(=O)NCC(F)(F)F)cc1)c1ccncc1. The van der Waals surface area contributed by atoms with E-state index in [-0.39, 0.29) is 10.5 Å². The number of aromatic nitrogens is 1. The van der Waals surface area contributed by atoms with Crippen LogP contribution in [-0.4, -0.2) is 32.0 Å². The Kier molecular flexibility index (Phi) is 5.98. The van der Waals surface area contributed by atoms with Crippen molar-refractivity contribution in [2.75, 3.05) is 6.54 Å². The number of pyridine rings is 1. The molecular weight excluding hydrogens is 371 g/mol. The Morgan fingerprint density at radius 3 is 2.23 bits per heavy atom. The molecule has 2 aromatic rings. The Hall–Kier alpha value is -2.46. The number of nitrogens with zero attached hydrogens (tertiary/aromatic N) is 1. The minimum Gasteiger partial charge on any atom is -0.343 e. The first kappa shape index (κ1) is 19.9. The summed E-state index contributed by atoms with van der Waals surface area (Å²) >= 11 is 0. The van der Waals surface area contributed by atoms with Crippen LogP contribution in [0.2, 0.25) is 0 Å². The Bertz CT molecular complexity index is 854. The number of benzene rings is 1. The van der Waals surface area contributed by atoms with Gasteiger partial charge in [-0.2, -0.15) is 13.2 Å². The van der Waals surface area contributed by atoms with E-state index in [0.29, 0.717) is 5.56 Å². The van der Waals surface area contributed by atoms with Crippen molar-refractivity contribution < 1.29 is 26.4 Å². The third-order valence-corrected chi connectivity index (χ3v) is 4.97. The van der Waals surface area contributed by atoms with Crippen molar-refractivity contribution in [2.24, 2.45) is 0 Å². The first-order valence-electron chi connectivity index (χ1n) is 7.46. The van der Waals surface area contributed by atoms with E-state index >= 15 is 0 Å². The molecule has 140 valence electrons. The fourth-order valence-electron chi connectivity index (χ4n) is 2.09. The highest BCUT2D eigenvalue weighted by Crippen LogP contribution is 2.17. The molecule has 1 amide bonds. The van der Waals surface area contributed by atoms with Gasteiger partial charge in [-0.15, -0.1) is 0 Å². The van der Waals surface area contributed by atoms with Gasteiger partial charge >= 0.3 is 6.18 Å². The van der Waals surface area contributed by atoms with Gasteiger partial charge in [0.15, 0.2) is 0 Å². The molecule has 1 aromatic heterocycles. The number of carbonyl (C=O) groups is 1.